The first kappa shape index (κ1) is 19.7. The van der Waals surface area contributed by atoms with E-state index in [0.717, 1.165) is 16.9 Å². The number of ether oxygens (including phenoxy) is 2. The van der Waals surface area contributed by atoms with Crippen LogP contribution in [0.1, 0.15) is 17.8 Å². The van der Waals surface area contributed by atoms with Gasteiger partial charge in [-0.3, -0.25) is 4.79 Å². The van der Waals surface area contributed by atoms with Crippen LogP contribution in [0.15, 0.2) is 47.0 Å². The van der Waals surface area contributed by atoms with Gasteiger partial charge in [-0.1, -0.05) is 22.8 Å². The molecule has 0 radical (unpaired) electrons. The molecule has 0 aliphatic rings. The average Bonchev–Trinajstić information content (AvgIpc) is 3.20. The predicted octanol–water partition coefficient (Wildman–Crippen LogP) is 3.66. The number of benzene rings is 2. The maximum Gasteiger partial charge on any atom is 0.257 e. The van der Waals surface area contributed by atoms with E-state index in [4.69, 9.17) is 25.6 Å². The van der Waals surface area contributed by atoms with Gasteiger partial charge in [-0.05, 0) is 48.4 Å². The highest BCUT2D eigenvalue weighted by atomic mass is 35.5. The fraction of sp³-hybridized carbons (Fsp3) is 0.250. The number of carbonyl (C=O) groups is 1. The van der Waals surface area contributed by atoms with Crippen molar-refractivity contribution in [2.45, 2.75) is 19.4 Å². The summed E-state index contributed by atoms with van der Waals surface area (Å²) in [5, 5.41) is 7.21. The summed E-state index contributed by atoms with van der Waals surface area (Å²) >= 11 is 6.10. The molecule has 28 heavy (non-hydrogen) atoms. The average molecular weight is 402 g/mol. The highest BCUT2D eigenvalue weighted by molar-refractivity contribution is 6.32. The zero-order valence-corrected chi connectivity index (χ0v) is 16.3. The summed E-state index contributed by atoms with van der Waals surface area (Å²) in [7, 11) is 3.16. The van der Waals surface area contributed by atoms with E-state index in [1.54, 1.807) is 26.4 Å². The Bertz CT molecular complexity index is 941. The summed E-state index contributed by atoms with van der Waals surface area (Å²) < 4.78 is 15.5. The van der Waals surface area contributed by atoms with Gasteiger partial charge in [-0.15, -0.1) is 0 Å². The van der Waals surface area contributed by atoms with E-state index in [1.807, 2.05) is 30.3 Å². The summed E-state index contributed by atoms with van der Waals surface area (Å²) in [6.45, 7) is 0.196. The molecule has 0 atom stereocenters. The number of carbonyl (C=O) groups excluding carboxylic acids is 1. The van der Waals surface area contributed by atoms with Crippen molar-refractivity contribution in [3.63, 3.8) is 0 Å². The molecule has 7 nitrogen and oxygen atoms in total. The Hall–Kier alpha value is -3.06. The number of rotatable bonds is 8. The lowest BCUT2D eigenvalue weighted by atomic mass is 10.1. The van der Waals surface area contributed by atoms with Crippen molar-refractivity contribution in [2.75, 3.05) is 14.2 Å². The van der Waals surface area contributed by atoms with Crippen LogP contribution in [0.2, 0.25) is 5.02 Å². The van der Waals surface area contributed by atoms with Gasteiger partial charge in [0, 0.05) is 12.0 Å². The highest BCUT2D eigenvalue weighted by Gasteiger charge is 2.11. The van der Waals surface area contributed by atoms with Gasteiger partial charge in [0.25, 0.3) is 5.89 Å². The smallest absolute Gasteiger partial charge is 0.257 e. The number of aryl methyl sites for hydroxylation is 1. The summed E-state index contributed by atoms with van der Waals surface area (Å²) in [5.41, 5.74) is 1.74. The van der Waals surface area contributed by atoms with Crippen LogP contribution >= 0.6 is 11.6 Å². The monoisotopic (exact) mass is 401 g/mol. The van der Waals surface area contributed by atoms with Crippen molar-refractivity contribution in [1.82, 2.24) is 15.5 Å². The fourth-order valence-corrected chi connectivity index (χ4v) is 2.85. The van der Waals surface area contributed by atoms with E-state index in [1.165, 1.54) is 0 Å². The first-order chi connectivity index (χ1) is 13.6. The van der Waals surface area contributed by atoms with Crippen molar-refractivity contribution in [3.8, 4) is 23.0 Å². The maximum atomic E-state index is 12.1. The lowest BCUT2D eigenvalue weighted by molar-refractivity contribution is -0.121. The largest absolute Gasteiger partial charge is 0.497 e. The lowest BCUT2D eigenvalue weighted by Gasteiger charge is -2.06. The first-order valence-electron chi connectivity index (χ1n) is 8.65. The lowest BCUT2D eigenvalue weighted by Crippen LogP contribution is -2.23. The molecule has 2 aromatic carbocycles. The zero-order valence-electron chi connectivity index (χ0n) is 15.6. The summed E-state index contributed by atoms with van der Waals surface area (Å²) in [6, 6.07) is 12.8. The molecule has 0 bridgehead atoms. The second-order valence-corrected chi connectivity index (χ2v) is 6.40. The third kappa shape index (κ3) is 5.01. The topological polar surface area (TPSA) is 86.5 Å². The number of hydrogen-bond acceptors (Lipinski definition) is 6. The van der Waals surface area contributed by atoms with Gasteiger partial charge >= 0.3 is 0 Å². The molecule has 1 amide bonds. The molecule has 0 unspecified atom stereocenters. The highest BCUT2D eigenvalue weighted by Crippen LogP contribution is 2.25. The van der Waals surface area contributed by atoms with Crippen LogP contribution in [0.4, 0.5) is 0 Å². The Morgan fingerprint density at radius 3 is 2.61 bits per heavy atom. The SMILES string of the molecule is COc1ccc(-c2nc(CNC(=O)CCc3ccc(OC)c(Cl)c3)no2)cc1. The van der Waals surface area contributed by atoms with Crippen molar-refractivity contribution < 1.29 is 18.8 Å². The molecule has 0 spiro atoms. The van der Waals surface area contributed by atoms with E-state index in [0.29, 0.717) is 35.3 Å². The van der Waals surface area contributed by atoms with Crippen molar-refractivity contribution in [2.24, 2.45) is 0 Å². The Kier molecular flexibility index (Phi) is 6.49. The summed E-state index contributed by atoms with van der Waals surface area (Å²) in [5.74, 6) is 2.04. The first-order valence-corrected chi connectivity index (χ1v) is 9.03. The van der Waals surface area contributed by atoms with Gasteiger partial charge in [-0.25, -0.2) is 0 Å². The van der Waals surface area contributed by atoms with E-state index in [-0.39, 0.29) is 12.5 Å². The Balaban J connectivity index is 1.49. The van der Waals surface area contributed by atoms with Gasteiger partial charge in [-0.2, -0.15) is 4.98 Å². The van der Waals surface area contributed by atoms with Gasteiger partial charge in [0.1, 0.15) is 11.5 Å². The molecule has 0 fully saturated rings. The number of nitrogens with zero attached hydrogens (tertiary/aromatic N) is 2. The number of hydrogen-bond donors (Lipinski definition) is 1. The van der Waals surface area contributed by atoms with Crippen molar-refractivity contribution in [1.29, 1.82) is 0 Å². The molecule has 146 valence electrons. The normalized spacial score (nSPS) is 10.5. The van der Waals surface area contributed by atoms with Crippen LogP contribution in [0.5, 0.6) is 11.5 Å². The molecule has 3 rings (SSSR count). The third-order valence-corrected chi connectivity index (χ3v) is 4.40. The van der Waals surface area contributed by atoms with Crippen LogP contribution in [0.25, 0.3) is 11.5 Å². The zero-order chi connectivity index (χ0) is 19.9. The Morgan fingerprint density at radius 2 is 1.93 bits per heavy atom. The molecule has 0 aliphatic carbocycles. The molecule has 1 aromatic heterocycles. The van der Waals surface area contributed by atoms with E-state index < -0.39 is 0 Å². The number of aromatic nitrogens is 2. The fourth-order valence-electron chi connectivity index (χ4n) is 2.57. The van der Waals surface area contributed by atoms with E-state index in [9.17, 15) is 4.79 Å². The molecular formula is C20H20ClN3O4. The minimum absolute atomic E-state index is 0.109. The molecule has 1 heterocycles. The molecule has 0 saturated carbocycles. The summed E-state index contributed by atoms with van der Waals surface area (Å²) in [4.78, 5) is 16.4. The molecule has 3 aromatic rings. The third-order valence-electron chi connectivity index (χ3n) is 4.11. The van der Waals surface area contributed by atoms with Gasteiger partial charge in [0.15, 0.2) is 5.82 Å². The van der Waals surface area contributed by atoms with Crippen LogP contribution < -0.4 is 14.8 Å². The van der Waals surface area contributed by atoms with Crippen LogP contribution in [0.3, 0.4) is 0 Å². The molecule has 8 heteroatoms. The quantitative estimate of drug-likeness (QED) is 0.620. The number of methoxy groups -OCH3 is 2. The minimum atomic E-state index is -0.109. The molecule has 1 N–H and O–H groups in total. The Morgan fingerprint density at radius 1 is 1.14 bits per heavy atom. The van der Waals surface area contributed by atoms with Crippen LogP contribution in [-0.4, -0.2) is 30.3 Å². The molecule has 0 saturated heterocycles. The van der Waals surface area contributed by atoms with Crippen LogP contribution in [0, 0.1) is 0 Å². The number of nitrogens with one attached hydrogen (secondary N) is 1. The molecule has 0 aliphatic heterocycles. The second-order valence-electron chi connectivity index (χ2n) is 5.99. The number of amides is 1. The Labute approximate surface area is 167 Å². The second kappa shape index (κ2) is 9.23. The standard InChI is InChI=1S/C20H20ClN3O4/c1-26-15-7-5-14(6-8-15)20-23-18(24-28-20)12-22-19(25)10-4-13-3-9-17(27-2)16(21)11-13/h3,5-9,11H,4,10,12H2,1-2H3,(H,22,25). The number of halogens is 1. The van der Waals surface area contributed by atoms with Crippen LogP contribution in [-0.2, 0) is 17.8 Å². The van der Waals surface area contributed by atoms with Gasteiger partial charge < -0.3 is 19.3 Å². The van der Waals surface area contributed by atoms with Gasteiger partial charge in [0.2, 0.25) is 5.91 Å². The molecular weight excluding hydrogens is 382 g/mol. The van der Waals surface area contributed by atoms with Gasteiger partial charge in [0.05, 0.1) is 25.8 Å². The minimum Gasteiger partial charge on any atom is -0.497 e. The summed E-state index contributed by atoms with van der Waals surface area (Å²) in [6.07, 6.45) is 0.894. The predicted molar refractivity (Wildman–Crippen MR) is 104 cm³/mol. The van der Waals surface area contributed by atoms with Crippen molar-refractivity contribution in [3.05, 3.63) is 58.9 Å². The maximum absolute atomic E-state index is 12.1. The van der Waals surface area contributed by atoms with Crippen molar-refractivity contribution >= 4 is 17.5 Å². The van der Waals surface area contributed by atoms with E-state index in [2.05, 4.69) is 15.5 Å². The van der Waals surface area contributed by atoms with E-state index >= 15 is 0 Å².